The molecule has 4 aromatic rings. The van der Waals surface area contributed by atoms with Gasteiger partial charge in [-0.15, -0.1) is 0 Å². The molecule has 1 amide bonds. The molecular weight excluding hydrogens is 486 g/mol. The fraction of sp³-hybridized carbons (Fsp3) is 0.344. The largest absolute Gasteiger partial charge is 0.388 e. The number of methoxy groups -OCH3 is 1. The van der Waals surface area contributed by atoms with E-state index >= 15 is 0 Å². The monoisotopic (exact) mass is 523 g/mol. The molecule has 0 aliphatic carbocycles. The number of benzene rings is 3. The van der Waals surface area contributed by atoms with Gasteiger partial charge >= 0.3 is 0 Å². The summed E-state index contributed by atoms with van der Waals surface area (Å²) in [6, 6.07) is 25.8. The van der Waals surface area contributed by atoms with Crippen LogP contribution in [0, 0.1) is 13.5 Å². The molecule has 1 saturated heterocycles. The van der Waals surface area contributed by atoms with Crippen LogP contribution >= 0.6 is 0 Å². The predicted octanol–water partition coefficient (Wildman–Crippen LogP) is 5.92. The van der Waals surface area contributed by atoms with Crippen LogP contribution in [-0.4, -0.2) is 61.3 Å². The number of nitrogens with zero attached hydrogens (tertiary/aromatic N) is 5. The summed E-state index contributed by atoms with van der Waals surface area (Å²) in [4.78, 5) is 25.1. The summed E-state index contributed by atoms with van der Waals surface area (Å²) < 4.78 is 6.64. The van der Waals surface area contributed by atoms with Crippen LogP contribution in [0.2, 0.25) is 0 Å². The molecule has 3 aromatic carbocycles. The second kappa shape index (κ2) is 13.2. The summed E-state index contributed by atoms with van der Waals surface area (Å²) in [5.74, 6) is 1.22. The summed E-state index contributed by atoms with van der Waals surface area (Å²) in [5, 5.41) is 2.31. The Balaban J connectivity index is 0.000000541. The highest BCUT2D eigenvalue weighted by molar-refractivity contribution is 6.04. The van der Waals surface area contributed by atoms with E-state index in [4.69, 9.17) is 6.57 Å². The molecule has 0 spiro atoms. The van der Waals surface area contributed by atoms with Crippen molar-refractivity contribution < 1.29 is 9.53 Å². The number of hydrogen-bond acceptors (Lipinski definition) is 4. The van der Waals surface area contributed by atoms with Gasteiger partial charge in [-0.25, -0.2) is 11.6 Å². The van der Waals surface area contributed by atoms with E-state index in [0.29, 0.717) is 19.1 Å². The lowest BCUT2D eigenvalue weighted by molar-refractivity contribution is -0.122. The molecule has 202 valence electrons. The molecule has 0 saturated carbocycles. The number of ether oxygens (including phenoxy) is 1. The number of piperazine rings is 1. The number of aryl methyl sites for hydroxylation is 1. The number of rotatable bonds is 3. The van der Waals surface area contributed by atoms with Crippen molar-refractivity contribution in [3.05, 3.63) is 107 Å². The first-order chi connectivity index (χ1) is 19.0. The van der Waals surface area contributed by atoms with E-state index in [1.807, 2.05) is 29.3 Å². The quantitative estimate of drug-likeness (QED) is 0.313. The lowest BCUT2D eigenvalue weighted by atomic mass is 9.92. The number of imidazole rings is 1. The first-order valence-corrected chi connectivity index (χ1v) is 13.3. The van der Waals surface area contributed by atoms with Crippen LogP contribution in [0.15, 0.2) is 79.0 Å². The topological polar surface area (TPSA) is 55.0 Å². The molecule has 7 nitrogen and oxygen atoms in total. The number of anilines is 1. The van der Waals surface area contributed by atoms with E-state index in [1.54, 1.807) is 14.2 Å². The van der Waals surface area contributed by atoms with E-state index < -0.39 is 0 Å². The molecule has 1 aromatic heterocycles. The number of fused-ring (bicyclic) bond motifs is 2. The zero-order valence-corrected chi connectivity index (χ0v) is 23.2. The Kier molecular flexibility index (Phi) is 9.48. The van der Waals surface area contributed by atoms with E-state index in [2.05, 4.69) is 85.6 Å². The van der Waals surface area contributed by atoms with Crippen LogP contribution < -0.4 is 4.90 Å². The van der Waals surface area contributed by atoms with Crippen LogP contribution in [-0.2, 0) is 9.53 Å². The zero-order valence-electron chi connectivity index (χ0n) is 23.2. The maximum Gasteiger partial charge on any atom is 0.241 e. The Hall–Kier alpha value is -3.99. The number of carbonyl (C=O) groups excluding carboxylic acids is 1. The number of amides is 1. The minimum atomic E-state index is 0.172. The van der Waals surface area contributed by atoms with Crippen molar-refractivity contribution in [3.8, 4) is 0 Å². The van der Waals surface area contributed by atoms with Crippen molar-refractivity contribution in [2.45, 2.75) is 31.8 Å². The van der Waals surface area contributed by atoms with E-state index in [-0.39, 0.29) is 11.9 Å². The summed E-state index contributed by atoms with van der Waals surface area (Å²) in [6.45, 7) is 9.93. The smallest absolute Gasteiger partial charge is 0.241 e. The Bertz CT molecular complexity index is 1420. The average molecular weight is 524 g/mol. The first-order valence-electron chi connectivity index (χ1n) is 13.3. The maximum atomic E-state index is 13.4. The molecule has 2 atom stereocenters. The Morgan fingerprint density at radius 1 is 0.923 bits per heavy atom. The Morgan fingerprint density at radius 2 is 1.56 bits per heavy atom. The molecule has 7 heteroatoms. The van der Waals surface area contributed by atoms with Gasteiger partial charge in [-0.05, 0) is 36.8 Å². The van der Waals surface area contributed by atoms with Gasteiger partial charge in [-0.2, -0.15) is 0 Å². The van der Waals surface area contributed by atoms with Crippen molar-refractivity contribution in [2.24, 2.45) is 0 Å². The van der Waals surface area contributed by atoms with Gasteiger partial charge in [0.05, 0.1) is 36.2 Å². The van der Waals surface area contributed by atoms with E-state index in [0.717, 1.165) is 36.3 Å². The molecule has 2 aliphatic rings. The molecule has 0 bridgehead atoms. The van der Waals surface area contributed by atoms with Gasteiger partial charge in [0.15, 0.2) is 0 Å². The highest BCUT2D eigenvalue weighted by Gasteiger charge is 2.36. The minimum Gasteiger partial charge on any atom is -0.388 e. The SMILES string of the molecule is COC.Cc1ncc2n1[C@H](c1ccccc1)CCC2N1CCN(c2cccc3ccccc23)C(=O)C1.[C-]#[N+]C. The van der Waals surface area contributed by atoms with Gasteiger partial charge in [-0.3, -0.25) is 9.69 Å². The first kappa shape index (κ1) is 28.0. The third-order valence-corrected chi connectivity index (χ3v) is 7.31. The van der Waals surface area contributed by atoms with Gasteiger partial charge in [0.2, 0.25) is 13.0 Å². The minimum absolute atomic E-state index is 0.172. The molecule has 39 heavy (non-hydrogen) atoms. The van der Waals surface area contributed by atoms with Crippen LogP contribution in [0.25, 0.3) is 15.6 Å². The van der Waals surface area contributed by atoms with Crippen molar-refractivity contribution in [2.75, 3.05) is 45.8 Å². The third-order valence-electron chi connectivity index (χ3n) is 7.31. The standard InChI is InChI=1S/C28H28N4O.C2H3N.C2H6O/c1-20-29-18-27-26(15-14-24(32(20)27)22-9-3-2-4-10-22)30-16-17-31(28(33)19-30)25-13-7-11-21-8-5-6-12-23(21)25;2*1-3-2/h2-13,18,24,26H,14-17,19H2,1H3;1H3;1-2H3/t24-,26?;;/m0../s1. The van der Waals surface area contributed by atoms with E-state index in [1.165, 1.54) is 23.7 Å². The summed E-state index contributed by atoms with van der Waals surface area (Å²) in [6.07, 6.45) is 4.11. The lowest BCUT2D eigenvalue weighted by Crippen LogP contribution is -2.52. The fourth-order valence-corrected chi connectivity index (χ4v) is 5.73. The highest BCUT2D eigenvalue weighted by Crippen LogP contribution is 2.40. The fourth-order valence-electron chi connectivity index (χ4n) is 5.73. The van der Waals surface area contributed by atoms with Crippen molar-refractivity contribution >= 4 is 22.4 Å². The zero-order chi connectivity index (χ0) is 27.8. The van der Waals surface area contributed by atoms with Gasteiger partial charge in [0.25, 0.3) is 0 Å². The van der Waals surface area contributed by atoms with E-state index in [9.17, 15) is 4.79 Å². The highest BCUT2D eigenvalue weighted by atomic mass is 16.4. The molecule has 6 rings (SSSR count). The molecule has 2 aliphatic heterocycles. The Morgan fingerprint density at radius 3 is 2.28 bits per heavy atom. The van der Waals surface area contributed by atoms with Crippen molar-refractivity contribution in [1.82, 2.24) is 14.5 Å². The Labute approximate surface area is 231 Å². The molecule has 1 unspecified atom stereocenters. The predicted molar refractivity (Wildman–Crippen MR) is 157 cm³/mol. The molecule has 3 heterocycles. The van der Waals surface area contributed by atoms with Crippen LogP contribution in [0.5, 0.6) is 0 Å². The van der Waals surface area contributed by atoms with Gasteiger partial charge in [0.1, 0.15) is 5.82 Å². The average Bonchev–Trinajstić information content (AvgIpc) is 3.35. The third kappa shape index (κ3) is 6.03. The second-order valence-corrected chi connectivity index (χ2v) is 9.77. The second-order valence-electron chi connectivity index (χ2n) is 9.77. The lowest BCUT2D eigenvalue weighted by Gasteiger charge is -2.42. The van der Waals surface area contributed by atoms with Crippen molar-refractivity contribution in [3.63, 3.8) is 0 Å². The van der Waals surface area contributed by atoms with Gasteiger partial charge in [-0.1, -0.05) is 66.7 Å². The molecule has 0 radical (unpaired) electrons. The van der Waals surface area contributed by atoms with Crippen LogP contribution in [0.1, 0.15) is 42.0 Å². The normalized spacial score (nSPS) is 18.7. The number of hydrogen-bond donors (Lipinski definition) is 0. The molecular formula is C32H37N5O2. The molecule has 0 N–H and O–H groups in total. The maximum absolute atomic E-state index is 13.4. The van der Waals surface area contributed by atoms with Crippen LogP contribution in [0.4, 0.5) is 5.69 Å². The summed E-state index contributed by atoms with van der Waals surface area (Å²) in [5.41, 5.74) is 3.58. The van der Waals surface area contributed by atoms with Crippen LogP contribution in [0.3, 0.4) is 0 Å². The van der Waals surface area contributed by atoms with Crippen molar-refractivity contribution in [1.29, 1.82) is 0 Å². The van der Waals surface area contributed by atoms with Gasteiger partial charge in [0, 0.05) is 32.7 Å². The molecule has 1 fully saturated rings. The van der Waals surface area contributed by atoms with Gasteiger partial charge < -0.3 is 19.0 Å². The number of aromatic nitrogens is 2. The summed E-state index contributed by atoms with van der Waals surface area (Å²) in [7, 11) is 4.67. The number of carbonyl (C=O) groups is 1. The summed E-state index contributed by atoms with van der Waals surface area (Å²) >= 11 is 0.